The zero-order valence-corrected chi connectivity index (χ0v) is 10.9. The van der Waals surface area contributed by atoms with Crippen molar-refractivity contribution in [3.63, 3.8) is 0 Å². The van der Waals surface area contributed by atoms with Crippen LogP contribution < -0.4 is 5.32 Å². The maximum absolute atomic E-state index is 13.8. The third kappa shape index (κ3) is 2.76. The first kappa shape index (κ1) is 14.4. The molecule has 2 atom stereocenters. The summed E-state index contributed by atoms with van der Waals surface area (Å²) in [7, 11) is 0. The van der Waals surface area contributed by atoms with Gasteiger partial charge in [-0.1, -0.05) is 6.92 Å². The summed E-state index contributed by atoms with van der Waals surface area (Å²) in [6, 6.07) is 1.29. The minimum atomic E-state index is -1.43. The first-order valence-electron chi connectivity index (χ1n) is 6.33. The van der Waals surface area contributed by atoms with E-state index in [1.54, 1.807) is 0 Å². The van der Waals surface area contributed by atoms with Crippen molar-refractivity contribution in [1.29, 1.82) is 0 Å². The van der Waals surface area contributed by atoms with Crippen LogP contribution in [0.2, 0.25) is 0 Å². The highest BCUT2D eigenvalue weighted by atomic mass is 19.1. The Labute approximate surface area is 114 Å². The van der Waals surface area contributed by atoms with Gasteiger partial charge in [-0.05, 0) is 31.2 Å². The molecule has 1 amide bonds. The lowest BCUT2D eigenvalue weighted by Crippen LogP contribution is -2.34. The number of carbonyl (C=O) groups is 1. The van der Waals surface area contributed by atoms with E-state index in [4.69, 9.17) is 0 Å². The number of halogens is 2. The molecule has 0 aromatic heterocycles. The van der Waals surface area contributed by atoms with Gasteiger partial charge in [-0.3, -0.25) is 14.9 Å². The standard InChI is InChI=1S/C13H14F2N2O3/c1-7-2-3-8(6-7)16-13(18)11-9(14)4-5-10(12(11)15)17(19)20/h4-5,7-8H,2-3,6H2,1H3,(H,16,18). The van der Waals surface area contributed by atoms with Gasteiger partial charge in [0.1, 0.15) is 11.4 Å². The molecule has 1 aliphatic carbocycles. The molecule has 0 saturated heterocycles. The topological polar surface area (TPSA) is 72.2 Å². The third-order valence-corrected chi connectivity index (χ3v) is 3.52. The molecule has 5 nitrogen and oxygen atoms in total. The number of nitro benzene ring substituents is 1. The molecule has 20 heavy (non-hydrogen) atoms. The molecule has 1 fully saturated rings. The number of hydrogen-bond acceptors (Lipinski definition) is 3. The highest BCUT2D eigenvalue weighted by Crippen LogP contribution is 2.26. The first-order chi connectivity index (χ1) is 9.40. The second-order valence-electron chi connectivity index (χ2n) is 5.10. The van der Waals surface area contributed by atoms with Crippen LogP contribution in [0.15, 0.2) is 12.1 Å². The van der Waals surface area contributed by atoms with Crippen LogP contribution in [0.5, 0.6) is 0 Å². The van der Waals surface area contributed by atoms with Gasteiger partial charge in [0.2, 0.25) is 5.82 Å². The average molecular weight is 284 g/mol. The largest absolute Gasteiger partial charge is 0.349 e. The van der Waals surface area contributed by atoms with Crippen molar-refractivity contribution >= 4 is 11.6 Å². The van der Waals surface area contributed by atoms with E-state index in [1.807, 2.05) is 6.92 Å². The fourth-order valence-electron chi connectivity index (χ4n) is 2.49. The molecular formula is C13H14F2N2O3. The molecule has 0 bridgehead atoms. The molecule has 0 aliphatic heterocycles. The minimum Gasteiger partial charge on any atom is -0.349 e. The second-order valence-corrected chi connectivity index (χ2v) is 5.10. The zero-order chi connectivity index (χ0) is 14.9. The van der Waals surface area contributed by atoms with Gasteiger partial charge in [-0.2, -0.15) is 4.39 Å². The van der Waals surface area contributed by atoms with Crippen LogP contribution in [0, 0.1) is 27.7 Å². The Morgan fingerprint density at radius 2 is 2.10 bits per heavy atom. The monoisotopic (exact) mass is 284 g/mol. The summed E-state index contributed by atoms with van der Waals surface area (Å²) in [6.07, 6.45) is 2.42. The Kier molecular flexibility index (Phi) is 3.96. The average Bonchev–Trinajstić information content (AvgIpc) is 2.74. The Hall–Kier alpha value is -2.05. The molecule has 0 spiro atoms. The highest BCUT2D eigenvalue weighted by Gasteiger charge is 2.29. The molecule has 1 aliphatic rings. The highest BCUT2D eigenvalue weighted by molar-refractivity contribution is 5.95. The van der Waals surface area contributed by atoms with E-state index >= 15 is 0 Å². The lowest BCUT2D eigenvalue weighted by molar-refractivity contribution is -0.387. The van der Waals surface area contributed by atoms with Crippen molar-refractivity contribution in [2.45, 2.75) is 32.2 Å². The molecular weight excluding hydrogens is 270 g/mol. The predicted molar refractivity (Wildman–Crippen MR) is 67.3 cm³/mol. The van der Waals surface area contributed by atoms with Crippen molar-refractivity contribution in [3.8, 4) is 0 Å². The lowest BCUT2D eigenvalue weighted by atomic mass is 10.1. The number of hydrogen-bond donors (Lipinski definition) is 1. The number of nitrogens with zero attached hydrogens (tertiary/aromatic N) is 1. The number of rotatable bonds is 3. The summed E-state index contributed by atoms with van der Waals surface area (Å²) in [5.74, 6) is -3.03. The Balaban J connectivity index is 2.25. The minimum absolute atomic E-state index is 0.143. The lowest BCUT2D eigenvalue weighted by Gasteiger charge is -2.13. The summed E-state index contributed by atoms with van der Waals surface area (Å²) in [4.78, 5) is 21.5. The molecule has 2 unspecified atom stereocenters. The first-order valence-corrected chi connectivity index (χ1v) is 6.33. The smallest absolute Gasteiger partial charge is 0.305 e. The second kappa shape index (κ2) is 5.52. The summed E-state index contributed by atoms with van der Waals surface area (Å²) < 4.78 is 27.4. The van der Waals surface area contributed by atoms with Crippen molar-refractivity contribution in [2.24, 2.45) is 5.92 Å². The maximum Gasteiger partial charge on any atom is 0.305 e. The van der Waals surface area contributed by atoms with Crippen LogP contribution in [-0.4, -0.2) is 16.9 Å². The number of carbonyl (C=O) groups excluding carboxylic acids is 1. The van der Waals surface area contributed by atoms with Crippen LogP contribution in [0.4, 0.5) is 14.5 Å². The normalized spacial score (nSPS) is 21.8. The van der Waals surface area contributed by atoms with Crippen LogP contribution in [0.3, 0.4) is 0 Å². The molecule has 7 heteroatoms. The van der Waals surface area contributed by atoms with Gasteiger partial charge in [0.15, 0.2) is 0 Å². The van der Waals surface area contributed by atoms with E-state index in [2.05, 4.69) is 5.32 Å². The van der Waals surface area contributed by atoms with Crippen molar-refractivity contribution in [2.75, 3.05) is 0 Å². The van der Waals surface area contributed by atoms with Crippen LogP contribution in [0.25, 0.3) is 0 Å². The fraction of sp³-hybridized carbons (Fsp3) is 0.462. The van der Waals surface area contributed by atoms with E-state index in [9.17, 15) is 23.7 Å². The van der Waals surface area contributed by atoms with E-state index in [-0.39, 0.29) is 6.04 Å². The van der Waals surface area contributed by atoms with Crippen molar-refractivity contribution in [3.05, 3.63) is 39.4 Å². The zero-order valence-electron chi connectivity index (χ0n) is 10.9. The number of amides is 1. The van der Waals surface area contributed by atoms with Gasteiger partial charge < -0.3 is 5.32 Å². The molecule has 108 valence electrons. The van der Waals surface area contributed by atoms with Gasteiger partial charge >= 0.3 is 5.69 Å². The molecule has 1 aromatic carbocycles. The van der Waals surface area contributed by atoms with Gasteiger partial charge in [0.05, 0.1) is 4.92 Å². The van der Waals surface area contributed by atoms with E-state index < -0.39 is 33.7 Å². The summed E-state index contributed by atoms with van der Waals surface area (Å²) in [6.45, 7) is 2.03. The quantitative estimate of drug-likeness (QED) is 0.685. The molecule has 0 radical (unpaired) electrons. The number of benzene rings is 1. The van der Waals surface area contributed by atoms with Crippen molar-refractivity contribution < 1.29 is 18.5 Å². The molecule has 1 saturated carbocycles. The number of nitrogens with one attached hydrogen (secondary N) is 1. The maximum atomic E-state index is 13.8. The summed E-state index contributed by atoms with van der Waals surface area (Å²) in [5, 5.41) is 13.1. The third-order valence-electron chi connectivity index (χ3n) is 3.52. The molecule has 0 heterocycles. The Morgan fingerprint density at radius 1 is 1.40 bits per heavy atom. The molecule has 1 aromatic rings. The number of nitro groups is 1. The van der Waals surface area contributed by atoms with E-state index in [0.29, 0.717) is 12.0 Å². The van der Waals surface area contributed by atoms with Crippen molar-refractivity contribution in [1.82, 2.24) is 5.32 Å². The summed E-state index contributed by atoms with van der Waals surface area (Å²) >= 11 is 0. The van der Waals surface area contributed by atoms with Crippen LogP contribution in [0.1, 0.15) is 36.5 Å². The predicted octanol–water partition coefficient (Wildman–Crippen LogP) is 2.79. The molecule has 2 rings (SSSR count). The van der Waals surface area contributed by atoms with Gasteiger partial charge in [-0.25, -0.2) is 4.39 Å². The SMILES string of the molecule is CC1CCC(NC(=O)c2c(F)ccc([N+](=O)[O-])c2F)C1. The van der Waals surface area contributed by atoms with Gasteiger partial charge in [0, 0.05) is 12.1 Å². The van der Waals surface area contributed by atoms with Crippen LogP contribution >= 0.6 is 0 Å². The summed E-state index contributed by atoms with van der Waals surface area (Å²) in [5.41, 5.74) is -1.80. The van der Waals surface area contributed by atoms with Gasteiger partial charge in [0.25, 0.3) is 5.91 Å². The van der Waals surface area contributed by atoms with Gasteiger partial charge in [-0.15, -0.1) is 0 Å². The van der Waals surface area contributed by atoms with E-state index in [1.165, 1.54) is 0 Å². The fourth-order valence-corrected chi connectivity index (χ4v) is 2.49. The molecule has 1 N–H and O–H groups in total. The Bertz CT molecular complexity index is 563. The Morgan fingerprint density at radius 3 is 2.65 bits per heavy atom. The van der Waals surface area contributed by atoms with E-state index in [0.717, 1.165) is 25.3 Å². The van der Waals surface area contributed by atoms with Crippen LogP contribution in [-0.2, 0) is 0 Å².